The third kappa shape index (κ3) is 5.62. The summed E-state index contributed by atoms with van der Waals surface area (Å²) in [4.78, 5) is 3.63. The molecule has 49 heavy (non-hydrogen) atoms. The number of fused-ring (bicyclic) bond motifs is 3. The Kier molecular flexibility index (Phi) is 7.22. The molecule has 0 unspecified atom stereocenters. The Morgan fingerprint density at radius 1 is 0.204 bits per heavy atom. The summed E-state index contributed by atoms with van der Waals surface area (Å²) in [6.45, 7) is 0. The number of nitrogens with one attached hydrogen (secondary N) is 1. The number of hydrogen-bond acceptors (Lipinski definition) is 0. The van der Waals surface area contributed by atoms with Crippen molar-refractivity contribution in [2.24, 2.45) is 0 Å². The van der Waals surface area contributed by atoms with E-state index < -0.39 is 0 Å². The van der Waals surface area contributed by atoms with Crippen LogP contribution < -0.4 is 0 Å². The first-order chi connectivity index (χ1) is 24.2. The van der Waals surface area contributed by atoms with E-state index in [-0.39, 0.29) is 0 Å². The van der Waals surface area contributed by atoms with Gasteiger partial charge < -0.3 is 4.98 Å². The monoisotopic (exact) mass is 623 g/mol. The van der Waals surface area contributed by atoms with E-state index >= 15 is 0 Å². The van der Waals surface area contributed by atoms with E-state index in [9.17, 15) is 0 Å². The molecule has 1 heteroatoms. The topological polar surface area (TPSA) is 15.8 Å². The predicted octanol–water partition coefficient (Wildman–Crippen LogP) is 13.3. The molecule has 0 saturated carbocycles. The molecule has 1 nitrogen and oxygen atoms in total. The molecule has 1 heterocycles. The average molecular weight is 624 g/mol. The number of H-pyrrole nitrogens is 1. The third-order valence-corrected chi connectivity index (χ3v) is 9.69. The van der Waals surface area contributed by atoms with Crippen LogP contribution in [0.1, 0.15) is 0 Å². The van der Waals surface area contributed by atoms with Crippen LogP contribution in [0.25, 0.3) is 88.6 Å². The van der Waals surface area contributed by atoms with E-state index in [1.54, 1.807) is 0 Å². The van der Waals surface area contributed by atoms with E-state index in [1.165, 1.54) is 77.5 Å². The summed E-state index contributed by atoms with van der Waals surface area (Å²) in [5.74, 6) is 0. The van der Waals surface area contributed by atoms with Gasteiger partial charge in [-0.2, -0.15) is 0 Å². The summed E-state index contributed by atoms with van der Waals surface area (Å²) in [5.41, 5.74) is 17.0. The minimum absolute atomic E-state index is 1.15. The van der Waals surface area contributed by atoms with Crippen LogP contribution in [0.15, 0.2) is 194 Å². The lowest BCUT2D eigenvalue weighted by atomic mass is 9.96. The quantitative estimate of drug-likeness (QED) is 0.190. The maximum Gasteiger partial charge on any atom is 0.0465 e. The first-order valence-electron chi connectivity index (χ1n) is 16.8. The Hall–Kier alpha value is -6.44. The molecule has 0 atom stereocenters. The van der Waals surface area contributed by atoms with Gasteiger partial charge in [0.25, 0.3) is 0 Å². The van der Waals surface area contributed by atoms with E-state index in [4.69, 9.17) is 0 Å². The van der Waals surface area contributed by atoms with Crippen molar-refractivity contribution in [3.05, 3.63) is 194 Å². The Bertz CT molecular complexity index is 2340. The molecule has 0 aliphatic heterocycles. The van der Waals surface area contributed by atoms with Crippen molar-refractivity contribution < 1.29 is 0 Å². The number of hydrogen-bond donors (Lipinski definition) is 1. The molecule has 8 aromatic carbocycles. The maximum absolute atomic E-state index is 3.63. The highest BCUT2D eigenvalue weighted by Crippen LogP contribution is 2.35. The van der Waals surface area contributed by atoms with Gasteiger partial charge >= 0.3 is 0 Å². The van der Waals surface area contributed by atoms with Gasteiger partial charge in [0.2, 0.25) is 0 Å². The van der Waals surface area contributed by atoms with Gasteiger partial charge in [-0.15, -0.1) is 0 Å². The van der Waals surface area contributed by atoms with Crippen molar-refractivity contribution in [3.8, 4) is 66.8 Å². The second kappa shape index (κ2) is 12.3. The van der Waals surface area contributed by atoms with Crippen LogP contribution in [0.3, 0.4) is 0 Å². The molecule has 0 radical (unpaired) electrons. The smallest absolute Gasteiger partial charge is 0.0465 e. The number of rotatable bonds is 6. The van der Waals surface area contributed by atoms with Gasteiger partial charge in [-0.05, 0) is 91.0 Å². The largest absolute Gasteiger partial charge is 0.355 e. The highest BCUT2D eigenvalue weighted by Gasteiger charge is 2.10. The first kappa shape index (κ1) is 28.8. The van der Waals surface area contributed by atoms with E-state index in [1.807, 2.05) is 0 Å². The average Bonchev–Trinajstić information content (AvgIpc) is 3.56. The summed E-state index contributed by atoms with van der Waals surface area (Å²) in [7, 11) is 0. The normalized spacial score (nSPS) is 11.3. The zero-order valence-electron chi connectivity index (χ0n) is 27.0. The van der Waals surface area contributed by atoms with Gasteiger partial charge in [0.1, 0.15) is 0 Å². The lowest BCUT2D eigenvalue weighted by Gasteiger charge is -2.08. The van der Waals surface area contributed by atoms with Crippen LogP contribution in [-0.2, 0) is 0 Å². The lowest BCUT2D eigenvalue weighted by Crippen LogP contribution is -1.83. The number of aromatic amines is 1. The van der Waals surface area contributed by atoms with Crippen LogP contribution in [0.4, 0.5) is 0 Å². The van der Waals surface area contributed by atoms with Gasteiger partial charge in [-0.1, -0.05) is 170 Å². The highest BCUT2D eigenvalue weighted by atomic mass is 14.7. The maximum atomic E-state index is 3.63. The third-order valence-electron chi connectivity index (χ3n) is 9.69. The summed E-state index contributed by atoms with van der Waals surface area (Å²) < 4.78 is 0. The zero-order chi connectivity index (χ0) is 32.6. The highest BCUT2D eigenvalue weighted by molar-refractivity contribution is 6.09. The molecule has 0 saturated heterocycles. The van der Waals surface area contributed by atoms with Gasteiger partial charge in [-0.3, -0.25) is 0 Å². The number of aromatic nitrogens is 1. The van der Waals surface area contributed by atoms with Crippen LogP contribution in [-0.4, -0.2) is 4.98 Å². The van der Waals surface area contributed by atoms with Gasteiger partial charge in [0.15, 0.2) is 0 Å². The van der Waals surface area contributed by atoms with Crippen LogP contribution >= 0.6 is 0 Å². The molecule has 0 amide bonds. The molecule has 1 N–H and O–H groups in total. The molecular formula is C48H33N. The molecular weight excluding hydrogens is 591 g/mol. The minimum atomic E-state index is 1.15. The van der Waals surface area contributed by atoms with Crippen LogP contribution in [0, 0.1) is 0 Å². The van der Waals surface area contributed by atoms with Crippen molar-refractivity contribution >= 4 is 21.8 Å². The van der Waals surface area contributed by atoms with E-state index in [2.05, 4.69) is 199 Å². The molecule has 0 bridgehead atoms. The molecule has 9 aromatic rings. The summed E-state index contributed by atoms with van der Waals surface area (Å²) in [6.07, 6.45) is 0. The molecule has 1 aromatic heterocycles. The zero-order valence-corrected chi connectivity index (χ0v) is 27.0. The molecule has 0 fully saturated rings. The van der Waals surface area contributed by atoms with Crippen LogP contribution in [0.2, 0.25) is 0 Å². The van der Waals surface area contributed by atoms with E-state index in [0.29, 0.717) is 0 Å². The van der Waals surface area contributed by atoms with Gasteiger partial charge in [0.05, 0.1) is 0 Å². The fourth-order valence-corrected chi connectivity index (χ4v) is 6.94. The minimum Gasteiger partial charge on any atom is -0.355 e. The SMILES string of the molecule is c1ccc(-c2ccc(-c3ccc(-c4ccc5[nH]c6ccc(-c7ccc(-c8ccc(-c9ccccc9)cc8)cc7)cc6c5c4)cc3)cc2)cc1. The standard InChI is InChI=1S/C48H33N/c1-3-7-33(8-4-1)35-11-15-37(16-12-35)39-19-23-41(24-20-39)43-27-29-47-45(31-43)46-32-44(28-30-48(46)49-47)42-25-21-40(22-26-42)38-17-13-36(14-18-38)34-9-5-2-6-10-34/h1-32,49H. The molecule has 0 aliphatic rings. The number of benzene rings is 8. The fraction of sp³-hybridized carbons (Fsp3) is 0. The molecule has 230 valence electrons. The van der Waals surface area contributed by atoms with Gasteiger partial charge in [0, 0.05) is 21.8 Å². The van der Waals surface area contributed by atoms with E-state index in [0.717, 1.165) is 11.0 Å². The predicted molar refractivity (Wildman–Crippen MR) is 208 cm³/mol. The van der Waals surface area contributed by atoms with Crippen molar-refractivity contribution in [2.75, 3.05) is 0 Å². The Morgan fingerprint density at radius 2 is 0.429 bits per heavy atom. The summed E-state index contributed by atoms with van der Waals surface area (Å²) >= 11 is 0. The molecule has 9 rings (SSSR count). The lowest BCUT2D eigenvalue weighted by molar-refractivity contribution is 1.54. The first-order valence-corrected chi connectivity index (χ1v) is 16.8. The van der Waals surface area contributed by atoms with Crippen molar-refractivity contribution in [3.63, 3.8) is 0 Å². The Morgan fingerprint density at radius 3 is 0.714 bits per heavy atom. The molecule has 0 aliphatic carbocycles. The van der Waals surface area contributed by atoms with Gasteiger partial charge in [-0.25, -0.2) is 0 Å². The van der Waals surface area contributed by atoms with Crippen LogP contribution in [0.5, 0.6) is 0 Å². The Labute approximate surface area is 286 Å². The second-order valence-electron chi connectivity index (χ2n) is 12.7. The van der Waals surface area contributed by atoms with Crippen molar-refractivity contribution in [1.82, 2.24) is 4.98 Å². The fourth-order valence-electron chi connectivity index (χ4n) is 6.94. The summed E-state index contributed by atoms with van der Waals surface area (Å²) in [6, 6.07) is 70.1. The molecule has 0 spiro atoms. The Balaban J connectivity index is 0.969. The van der Waals surface area contributed by atoms with Crippen molar-refractivity contribution in [2.45, 2.75) is 0 Å². The van der Waals surface area contributed by atoms with Crippen molar-refractivity contribution in [1.29, 1.82) is 0 Å². The second-order valence-corrected chi connectivity index (χ2v) is 12.7. The summed E-state index contributed by atoms with van der Waals surface area (Å²) in [5, 5.41) is 2.48.